The summed E-state index contributed by atoms with van der Waals surface area (Å²) in [5.41, 5.74) is 0. The Bertz CT molecular complexity index is 395. The second-order valence-electron chi connectivity index (χ2n) is 3.14. The van der Waals surface area contributed by atoms with Crippen molar-refractivity contribution in [3.63, 3.8) is 0 Å². The van der Waals surface area contributed by atoms with Crippen molar-refractivity contribution in [1.29, 1.82) is 0 Å². The van der Waals surface area contributed by atoms with Crippen LogP contribution in [0.2, 0.25) is 0 Å². The summed E-state index contributed by atoms with van der Waals surface area (Å²) in [6.45, 7) is -1.77. The molecule has 0 bridgehead atoms. The summed E-state index contributed by atoms with van der Waals surface area (Å²) in [5, 5.41) is 13.3. The highest BCUT2D eigenvalue weighted by molar-refractivity contribution is 5.92. The van der Waals surface area contributed by atoms with E-state index in [1.165, 1.54) is 18.3 Å². The summed E-state index contributed by atoms with van der Waals surface area (Å²) >= 11 is 0. The number of nitrogens with one attached hydrogen (secondary N) is 2. The molecule has 1 rings (SSSR count). The predicted octanol–water partition coefficient (Wildman–Crippen LogP) is 0.878. The molecule has 17 heavy (non-hydrogen) atoms. The van der Waals surface area contributed by atoms with Gasteiger partial charge in [-0.25, -0.2) is 4.98 Å². The van der Waals surface area contributed by atoms with Crippen LogP contribution in [0.1, 0.15) is 0 Å². The van der Waals surface area contributed by atoms with Crippen LogP contribution < -0.4 is 10.6 Å². The number of alkyl halides is 3. The number of nitrogens with zero attached hydrogens (tertiary/aromatic N) is 1. The fourth-order valence-electron chi connectivity index (χ4n) is 0.987. The average Bonchev–Trinajstić information content (AvgIpc) is 2.19. The first-order valence-electron chi connectivity index (χ1n) is 4.60. The van der Waals surface area contributed by atoms with Crippen molar-refractivity contribution < 1.29 is 23.1 Å². The molecule has 1 heterocycles. The van der Waals surface area contributed by atoms with E-state index in [2.05, 4.69) is 10.3 Å². The minimum Gasteiger partial charge on any atom is -0.504 e. The lowest BCUT2D eigenvalue weighted by atomic mass is 10.4. The normalized spacial score (nSPS) is 11.2. The van der Waals surface area contributed by atoms with Crippen molar-refractivity contribution in [3.05, 3.63) is 18.3 Å². The molecular formula is C9H10F3N3O2. The smallest absolute Gasteiger partial charge is 0.401 e. The molecule has 0 aliphatic rings. The lowest BCUT2D eigenvalue weighted by Crippen LogP contribution is -2.35. The fraction of sp³-hybridized carbons (Fsp3) is 0.333. The molecule has 0 saturated heterocycles. The highest BCUT2D eigenvalue weighted by Crippen LogP contribution is 2.17. The van der Waals surface area contributed by atoms with E-state index in [4.69, 9.17) is 0 Å². The van der Waals surface area contributed by atoms with Crippen molar-refractivity contribution in [2.75, 3.05) is 18.4 Å². The van der Waals surface area contributed by atoms with E-state index in [1.807, 2.05) is 5.32 Å². The maximum Gasteiger partial charge on any atom is 0.401 e. The number of carbonyl (C=O) groups is 1. The van der Waals surface area contributed by atoms with Crippen LogP contribution in [0.5, 0.6) is 5.75 Å². The molecule has 8 heteroatoms. The SMILES string of the molecule is O=C(CNCC(F)(F)F)Nc1ncccc1O. The minimum atomic E-state index is -4.37. The second kappa shape index (κ2) is 5.48. The molecule has 0 aliphatic carbocycles. The van der Waals surface area contributed by atoms with Crippen molar-refractivity contribution >= 4 is 11.7 Å². The number of aromatic nitrogens is 1. The van der Waals surface area contributed by atoms with Gasteiger partial charge in [0.1, 0.15) is 0 Å². The van der Waals surface area contributed by atoms with Crippen LogP contribution in [-0.4, -0.2) is 35.3 Å². The number of halogens is 3. The third kappa shape index (κ3) is 5.16. The van der Waals surface area contributed by atoms with Crippen LogP contribution in [0.15, 0.2) is 18.3 Å². The lowest BCUT2D eigenvalue weighted by molar-refractivity contribution is -0.127. The number of aromatic hydroxyl groups is 1. The van der Waals surface area contributed by atoms with E-state index < -0.39 is 25.2 Å². The number of anilines is 1. The zero-order valence-corrected chi connectivity index (χ0v) is 8.58. The standard InChI is InChI=1S/C9H10F3N3O2/c10-9(11,12)5-13-4-7(17)15-8-6(16)2-1-3-14-8/h1-3,13,16H,4-5H2,(H,14,15,17). The number of rotatable bonds is 4. The van der Waals surface area contributed by atoms with Gasteiger partial charge in [-0.2, -0.15) is 13.2 Å². The summed E-state index contributed by atoms with van der Waals surface area (Å²) < 4.78 is 35.3. The number of amides is 1. The highest BCUT2D eigenvalue weighted by Gasteiger charge is 2.26. The molecule has 0 radical (unpaired) electrons. The molecule has 0 spiro atoms. The Morgan fingerprint density at radius 3 is 2.76 bits per heavy atom. The highest BCUT2D eigenvalue weighted by atomic mass is 19.4. The molecule has 1 amide bonds. The van der Waals surface area contributed by atoms with E-state index in [1.54, 1.807) is 0 Å². The Labute approximate surface area is 94.7 Å². The molecule has 1 aromatic heterocycles. The number of carbonyl (C=O) groups excluding carboxylic acids is 1. The van der Waals surface area contributed by atoms with Crippen LogP contribution in [0.25, 0.3) is 0 Å². The lowest BCUT2D eigenvalue weighted by Gasteiger charge is -2.08. The van der Waals surface area contributed by atoms with E-state index in [0.717, 1.165) is 0 Å². The molecular weight excluding hydrogens is 239 g/mol. The third-order valence-electron chi connectivity index (χ3n) is 1.66. The summed E-state index contributed by atoms with van der Waals surface area (Å²) in [5.74, 6) is -1.06. The molecule has 0 fully saturated rings. The van der Waals surface area contributed by atoms with Crippen molar-refractivity contribution in [3.8, 4) is 5.75 Å². The second-order valence-corrected chi connectivity index (χ2v) is 3.14. The third-order valence-corrected chi connectivity index (χ3v) is 1.66. The van der Waals surface area contributed by atoms with E-state index in [0.29, 0.717) is 0 Å². The van der Waals surface area contributed by atoms with Gasteiger partial charge in [-0.1, -0.05) is 0 Å². The molecule has 0 unspecified atom stereocenters. The monoisotopic (exact) mass is 249 g/mol. The molecule has 5 nitrogen and oxygen atoms in total. The topological polar surface area (TPSA) is 74.2 Å². The Morgan fingerprint density at radius 2 is 2.18 bits per heavy atom. The Morgan fingerprint density at radius 1 is 1.47 bits per heavy atom. The van der Waals surface area contributed by atoms with Gasteiger partial charge in [0.2, 0.25) is 5.91 Å². The van der Waals surface area contributed by atoms with Gasteiger partial charge in [0.25, 0.3) is 0 Å². The zero-order chi connectivity index (χ0) is 12.9. The summed E-state index contributed by atoms with van der Waals surface area (Å²) in [6.07, 6.45) is -3.04. The van der Waals surface area contributed by atoms with Gasteiger partial charge in [0.05, 0.1) is 13.1 Å². The van der Waals surface area contributed by atoms with Crippen molar-refractivity contribution in [2.45, 2.75) is 6.18 Å². The molecule has 0 atom stereocenters. The van der Waals surface area contributed by atoms with Crippen molar-refractivity contribution in [1.82, 2.24) is 10.3 Å². The summed E-state index contributed by atoms with van der Waals surface area (Å²) in [6, 6.07) is 2.75. The Hall–Kier alpha value is -1.83. The first kappa shape index (κ1) is 13.2. The van der Waals surface area contributed by atoms with Gasteiger partial charge in [-0.05, 0) is 12.1 Å². The van der Waals surface area contributed by atoms with Gasteiger partial charge < -0.3 is 15.7 Å². The van der Waals surface area contributed by atoms with Crippen LogP contribution in [0, 0.1) is 0 Å². The summed E-state index contributed by atoms with van der Waals surface area (Å²) in [4.78, 5) is 14.8. The molecule has 1 aromatic rings. The summed E-state index contributed by atoms with van der Waals surface area (Å²) in [7, 11) is 0. The van der Waals surface area contributed by atoms with Crippen molar-refractivity contribution in [2.24, 2.45) is 0 Å². The van der Waals surface area contributed by atoms with Gasteiger partial charge in [-0.3, -0.25) is 4.79 Å². The Kier molecular flexibility index (Phi) is 4.27. The first-order chi connectivity index (χ1) is 7.88. The first-order valence-corrected chi connectivity index (χ1v) is 4.60. The van der Waals surface area contributed by atoms with Gasteiger partial charge in [-0.15, -0.1) is 0 Å². The molecule has 94 valence electrons. The van der Waals surface area contributed by atoms with Gasteiger partial charge in [0, 0.05) is 6.20 Å². The van der Waals surface area contributed by atoms with E-state index >= 15 is 0 Å². The van der Waals surface area contributed by atoms with E-state index in [-0.39, 0.29) is 11.6 Å². The zero-order valence-electron chi connectivity index (χ0n) is 8.58. The quantitative estimate of drug-likeness (QED) is 0.740. The van der Waals surface area contributed by atoms with Crippen LogP contribution in [0.4, 0.5) is 19.0 Å². The number of hydrogen-bond donors (Lipinski definition) is 3. The number of hydrogen-bond acceptors (Lipinski definition) is 4. The van der Waals surface area contributed by atoms with Crippen LogP contribution >= 0.6 is 0 Å². The average molecular weight is 249 g/mol. The molecule has 3 N–H and O–H groups in total. The molecule has 0 saturated carbocycles. The number of pyridine rings is 1. The van der Waals surface area contributed by atoms with Gasteiger partial charge >= 0.3 is 6.18 Å². The largest absolute Gasteiger partial charge is 0.504 e. The van der Waals surface area contributed by atoms with Crippen LogP contribution in [-0.2, 0) is 4.79 Å². The predicted molar refractivity (Wildman–Crippen MR) is 53.5 cm³/mol. The molecule has 0 aromatic carbocycles. The maximum absolute atomic E-state index is 11.8. The molecule has 0 aliphatic heterocycles. The Balaban J connectivity index is 2.38. The van der Waals surface area contributed by atoms with E-state index in [9.17, 15) is 23.1 Å². The maximum atomic E-state index is 11.8. The minimum absolute atomic E-state index is 0.0914. The van der Waals surface area contributed by atoms with Gasteiger partial charge in [0.15, 0.2) is 11.6 Å². The van der Waals surface area contributed by atoms with Crippen LogP contribution in [0.3, 0.4) is 0 Å². The fourth-order valence-corrected chi connectivity index (χ4v) is 0.987.